The molecule has 11 nitrogen and oxygen atoms in total. The summed E-state index contributed by atoms with van der Waals surface area (Å²) in [5.74, 6) is 1.29. The van der Waals surface area contributed by atoms with Gasteiger partial charge in [0.15, 0.2) is 11.5 Å². The number of nitrogens with one attached hydrogen (secondary N) is 1. The van der Waals surface area contributed by atoms with Gasteiger partial charge < -0.3 is 29.0 Å². The number of likely N-dealkylation sites (N-methyl/N-ethyl adjacent to an activating group) is 2. The van der Waals surface area contributed by atoms with E-state index in [1.54, 1.807) is 17.6 Å². The molecule has 4 heterocycles. The molecule has 0 radical (unpaired) electrons. The number of rotatable bonds is 10. The Labute approximate surface area is 206 Å². The van der Waals surface area contributed by atoms with Crippen molar-refractivity contribution in [2.75, 3.05) is 34.0 Å². The van der Waals surface area contributed by atoms with Gasteiger partial charge in [-0.25, -0.2) is 4.98 Å². The van der Waals surface area contributed by atoms with E-state index in [0.29, 0.717) is 41.5 Å². The Balaban J connectivity index is 1.72. The molecule has 11 heteroatoms. The summed E-state index contributed by atoms with van der Waals surface area (Å²) < 4.78 is 17.7. The summed E-state index contributed by atoms with van der Waals surface area (Å²) in [5, 5.41) is 7.22. The van der Waals surface area contributed by atoms with E-state index in [2.05, 4.69) is 15.4 Å². The van der Waals surface area contributed by atoms with Crippen molar-refractivity contribution >= 4 is 17.4 Å². The van der Waals surface area contributed by atoms with Crippen molar-refractivity contribution in [2.45, 2.75) is 32.7 Å². The van der Waals surface area contributed by atoms with Gasteiger partial charge in [-0.3, -0.25) is 9.59 Å². The molecule has 3 aromatic rings. The highest BCUT2D eigenvalue weighted by molar-refractivity contribution is 5.90. The maximum Gasteiger partial charge on any atom is 0.293 e. The second-order valence-corrected chi connectivity index (χ2v) is 9.02. The third kappa shape index (κ3) is 3.99. The first-order chi connectivity index (χ1) is 17.5. The number of hydrogen-bond donors (Lipinski definition) is 1. The Kier molecular flexibility index (Phi) is 6.42. The van der Waals surface area contributed by atoms with Gasteiger partial charge in [-0.15, -0.1) is 0 Å². The predicted molar refractivity (Wildman–Crippen MR) is 132 cm³/mol. The molecule has 1 N–H and O–H groups in total. The first kappa shape index (κ1) is 23.9. The van der Waals surface area contributed by atoms with E-state index in [0.717, 1.165) is 35.1 Å². The quantitative estimate of drug-likeness (QED) is 0.262. The maximum absolute atomic E-state index is 13.5. The van der Waals surface area contributed by atoms with Gasteiger partial charge in [-0.2, -0.15) is 4.91 Å². The largest absolute Gasteiger partial charge is 0.463 e. The van der Waals surface area contributed by atoms with Gasteiger partial charge in [0.1, 0.15) is 12.6 Å². The molecule has 1 aromatic carbocycles. The summed E-state index contributed by atoms with van der Waals surface area (Å²) in [5.41, 5.74) is 4.33. The Morgan fingerprint density at radius 1 is 1.28 bits per heavy atom. The lowest BCUT2D eigenvalue weighted by Gasteiger charge is -2.20. The number of hydrogen-bond acceptors (Lipinski definition) is 10. The van der Waals surface area contributed by atoms with Crippen molar-refractivity contribution in [1.82, 2.24) is 19.8 Å². The summed E-state index contributed by atoms with van der Waals surface area (Å²) >= 11 is 0. The highest BCUT2D eigenvalue weighted by Gasteiger charge is 2.30. The van der Waals surface area contributed by atoms with E-state index < -0.39 is 6.04 Å². The van der Waals surface area contributed by atoms with Crippen molar-refractivity contribution in [3.63, 3.8) is 0 Å². The predicted octanol–water partition coefficient (Wildman–Crippen LogP) is 2.31. The van der Waals surface area contributed by atoms with E-state index in [1.165, 1.54) is 0 Å². The Bertz CT molecular complexity index is 1420. The number of aromatic nitrogens is 2. The molecular weight excluding hydrogens is 466 g/mol. The van der Waals surface area contributed by atoms with Crippen LogP contribution in [-0.2, 0) is 29.2 Å². The van der Waals surface area contributed by atoms with Gasteiger partial charge in [0, 0.05) is 36.7 Å². The molecule has 1 atom stereocenters. The normalized spacial score (nSPS) is 14.1. The minimum absolute atomic E-state index is 0.159. The van der Waals surface area contributed by atoms with E-state index in [-0.39, 0.29) is 31.0 Å². The van der Waals surface area contributed by atoms with E-state index in [1.807, 2.05) is 26.2 Å². The van der Waals surface area contributed by atoms with Crippen molar-refractivity contribution < 1.29 is 19.0 Å². The zero-order valence-electron chi connectivity index (χ0n) is 20.4. The Morgan fingerprint density at radius 2 is 2.06 bits per heavy atom. The van der Waals surface area contributed by atoms with Crippen LogP contribution in [-0.4, -0.2) is 54.9 Å². The minimum Gasteiger partial charge on any atom is -0.463 e. The number of ether oxygens (including phenoxy) is 3. The molecule has 0 saturated carbocycles. The molecule has 5 rings (SSSR count). The molecule has 2 aromatic heterocycles. The number of nitroso groups, excluding NO2 is 1. The first-order valence-corrected chi connectivity index (χ1v) is 11.7. The molecule has 0 fully saturated rings. The topological polar surface area (TPSA) is 124 Å². The van der Waals surface area contributed by atoms with Crippen LogP contribution in [0.25, 0.3) is 22.3 Å². The number of pyridine rings is 2. The smallest absolute Gasteiger partial charge is 0.293 e. The van der Waals surface area contributed by atoms with E-state index >= 15 is 0 Å². The van der Waals surface area contributed by atoms with Crippen LogP contribution in [0, 0.1) is 4.91 Å². The van der Waals surface area contributed by atoms with Crippen molar-refractivity contribution in [1.29, 1.82) is 0 Å². The van der Waals surface area contributed by atoms with Crippen LogP contribution in [0.5, 0.6) is 11.5 Å². The van der Waals surface area contributed by atoms with Gasteiger partial charge in [0.2, 0.25) is 6.79 Å². The molecule has 2 aliphatic heterocycles. The lowest BCUT2D eigenvalue weighted by Crippen LogP contribution is -2.28. The standard InChI is InChI=1S/C25H27N5O6/c1-14(28-33)15-6-21-24-18(10-30(21)25(32)19(15)11-34-12-31)17(9-29(3)5-4-26-2)16-7-22-23(36-13-35-22)8-20(16)27-24/h6-8,12,14,26H,4-5,9-11,13H2,1-3H3. The van der Waals surface area contributed by atoms with Crippen molar-refractivity contribution in [3.05, 3.63) is 55.7 Å². The fourth-order valence-corrected chi connectivity index (χ4v) is 4.88. The Morgan fingerprint density at radius 3 is 2.78 bits per heavy atom. The lowest BCUT2D eigenvalue weighted by molar-refractivity contribution is -0.129. The molecule has 188 valence electrons. The summed E-state index contributed by atoms with van der Waals surface area (Å²) in [7, 11) is 3.96. The maximum atomic E-state index is 13.5. The SMILES string of the molecule is CNCCN(C)Cc1c2c(nc3cc4c(cc13)OCO4)-c1cc(C(C)N=O)c(COC=O)c(=O)n1C2. The van der Waals surface area contributed by atoms with Gasteiger partial charge in [0.05, 0.1) is 29.0 Å². The highest BCUT2D eigenvalue weighted by Crippen LogP contribution is 2.42. The lowest BCUT2D eigenvalue weighted by atomic mass is 9.98. The zero-order chi connectivity index (χ0) is 25.4. The average molecular weight is 494 g/mol. The highest BCUT2D eigenvalue weighted by atomic mass is 16.7. The van der Waals surface area contributed by atoms with Crippen molar-refractivity contribution in [2.24, 2.45) is 5.18 Å². The first-order valence-electron chi connectivity index (χ1n) is 11.7. The molecular formula is C25H27N5O6. The zero-order valence-corrected chi connectivity index (χ0v) is 20.4. The van der Waals surface area contributed by atoms with Crippen LogP contribution in [0.1, 0.15) is 35.2 Å². The van der Waals surface area contributed by atoms with E-state index in [4.69, 9.17) is 19.2 Å². The number of carbonyl (C=O) groups excluding carboxylic acids is 1. The van der Waals surface area contributed by atoms with Crippen molar-refractivity contribution in [3.8, 4) is 22.9 Å². The molecule has 0 amide bonds. The van der Waals surface area contributed by atoms with Crippen LogP contribution >= 0.6 is 0 Å². The van der Waals surface area contributed by atoms with Crippen LogP contribution in [0.2, 0.25) is 0 Å². The van der Waals surface area contributed by atoms with Crippen LogP contribution in [0.3, 0.4) is 0 Å². The molecule has 0 aliphatic carbocycles. The summed E-state index contributed by atoms with van der Waals surface area (Å²) in [4.78, 5) is 42.9. The number of nitrogens with zero attached hydrogens (tertiary/aromatic N) is 4. The van der Waals surface area contributed by atoms with Gasteiger partial charge in [-0.1, -0.05) is 5.18 Å². The number of benzene rings is 1. The summed E-state index contributed by atoms with van der Waals surface area (Å²) in [6, 6.07) is 4.78. The van der Waals surface area contributed by atoms with E-state index in [9.17, 15) is 14.5 Å². The van der Waals surface area contributed by atoms with Crippen LogP contribution < -0.4 is 20.3 Å². The molecule has 36 heavy (non-hydrogen) atoms. The van der Waals surface area contributed by atoms with Gasteiger partial charge >= 0.3 is 0 Å². The number of carbonyl (C=O) groups is 1. The molecule has 2 aliphatic rings. The number of fused-ring (bicyclic) bond motifs is 5. The van der Waals surface area contributed by atoms with Gasteiger partial charge in [-0.05, 0) is 44.3 Å². The second-order valence-electron chi connectivity index (χ2n) is 9.02. The Hall–Kier alpha value is -3.83. The van der Waals surface area contributed by atoms with Crippen LogP contribution in [0.15, 0.2) is 28.2 Å². The second kappa shape index (κ2) is 9.67. The average Bonchev–Trinajstić information content (AvgIpc) is 3.49. The van der Waals surface area contributed by atoms with Crippen LogP contribution in [0.4, 0.5) is 0 Å². The molecule has 0 spiro atoms. The fraction of sp³-hybridized carbons (Fsp3) is 0.400. The summed E-state index contributed by atoms with van der Waals surface area (Å²) in [6.07, 6.45) is 0. The molecule has 0 bridgehead atoms. The summed E-state index contributed by atoms with van der Waals surface area (Å²) in [6.45, 7) is 4.41. The monoisotopic (exact) mass is 493 g/mol. The minimum atomic E-state index is -0.792. The third-order valence-corrected chi connectivity index (χ3v) is 6.77. The molecule has 0 saturated heterocycles. The van der Waals surface area contributed by atoms with Gasteiger partial charge in [0.25, 0.3) is 12.0 Å². The fourth-order valence-electron chi connectivity index (χ4n) is 4.88. The molecule has 1 unspecified atom stereocenters. The third-order valence-electron chi connectivity index (χ3n) is 6.77.